The number of rotatable bonds is 4. The molecule has 0 saturated carbocycles. The molecule has 1 aliphatic rings. The molecule has 1 aromatic rings. The van der Waals surface area contributed by atoms with Crippen molar-refractivity contribution in [2.24, 2.45) is 11.1 Å². The van der Waals surface area contributed by atoms with Gasteiger partial charge in [0.25, 0.3) is 0 Å². The minimum absolute atomic E-state index is 0.110. The fraction of sp³-hybridized carbons (Fsp3) is 0.533. The molecule has 0 aromatic heterocycles. The third-order valence-corrected chi connectivity index (χ3v) is 3.91. The largest absolute Gasteiger partial charge is 0.370 e. The minimum Gasteiger partial charge on any atom is -0.370 e. The molecule has 3 nitrogen and oxygen atoms in total. The first-order valence-corrected chi connectivity index (χ1v) is 6.62. The van der Waals surface area contributed by atoms with Crippen LogP contribution in [0.2, 0.25) is 0 Å². The highest BCUT2D eigenvalue weighted by Gasteiger charge is 2.31. The van der Waals surface area contributed by atoms with E-state index >= 15 is 0 Å². The van der Waals surface area contributed by atoms with Gasteiger partial charge in [-0.15, -0.1) is 0 Å². The van der Waals surface area contributed by atoms with Crippen molar-refractivity contribution < 1.29 is 4.79 Å². The fourth-order valence-corrected chi connectivity index (χ4v) is 2.69. The van der Waals surface area contributed by atoms with Crippen LogP contribution in [0.5, 0.6) is 0 Å². The number of carbonyl (C=O) groups excluding carboxylic acids is 1. The summed E-state index contributed by atoms with van der Waals surface area (Å²) in [6.45, 7) is 5.29. The monoisotopic (exact) mass is 246 g/mol. The second-order valence-corrected chi connectivity index (χ2v) is 5.72. The second-order valence-electron chi connectivity index (χ2n) is 5.72. The standard InChI is InChI=1S/C15H22N2O/c1-15(11-14(16)18)7-9-17(10-8-15)12-13-5-3-2-4-6-13/h2-6H,7-12H2,1H3,(H2,16,18). The molecule has 1 amide bonds. The molecule has 1 heterocycles. The van der Waals surface area contributed by atoms with Crippen LogP contribution in [0.4, 0.5) is 0 Å². The summed E-state index contributed by atoms with van der Waals surface area (Å²) in [5.74, 6) is -0.172. The second kappa shape index (κ2) is 5.53. The van der Waals surface area contributed by atoms with Crippen molar-refractivity contribution in [3.05, 3.63) is 35.9 Å². The van der Waals surface area contributed by atoms with E-state index in [1.807, 2.05) is 6.07 Å². The van der Waals surface area contributed by atoms with Crippen molar-refractivity contribution in [2.75, 3.05) is 13.1 Å². The molecular weight excluding hydrogens is 224 g/mol. The van der Waals surface area contributed by atoms with E-state index in [-0.39, 0.29) is 11.3 Å². The highest BCUT2D eigenvalue weighted by Crippen LogP contribution is 2.34. The third-order valence-electron chi connectivity index (χ3n) is 3.91. The zero-order valence-electron chi connectivity index (χ0n) is 11.1. The van der Waals surface area contributed by atoms with Crippen LogP contribution < -0.4 is 5.73 Å². The Morgan fingerprint density at radius 2 is 1.89 bits per heavy atom. The summed E-state index contributed by atoms with van der Waals surface area (Å²) >= 11 is 0. The topological polar surface area (TPSA) is 46.3 Å². The highest BCUT2D eigenvalue weighted by atomic mass is 16.1. The zero-order chi connectivity index (χ0) is 13.0. The molecule has 0 unspecified atom stereocenters. The average molecular weight is 246 g/mol. The van der Waals surface area contributed by atoms with E-state index < -0.39 is 0 Å². The summed E-state index contributed by atoms with van der Waals surface area (Å²) in [7, 11) is 0. The predicted molar refractivity (Wildman–Crippen MR) is 72.9 cm³/mol. The first kappa shape index (κ1) is 13.1. The van der Waals surface area contributed by atoms with Gasteiger partial charge in [-0.05, 0) is 36.9 Å². The molecule has 0 bridgehead atoms. The summed E-state index contributed by atoms with van der Waals surface area (Å²) in [4.78, 5) is 13.5. The number of benzene rings is 1. The Labute approximate surface area is 109 Å². The maximum absolute atomic E-state index is 11.1. The summed E-state index contributed by atoms with van der Waals surface area (Å²) in [6.07, 6.45) is 2.64. The van der Waals surface area contributed by atoms with Crippen LogP contribution in [0.3, 0.4) is 0 Å². The summed E-state index contributed by atoms with van der Waals surface area (Å²) in [5, 5.41) is 0. The molecule has 0 spiro atoms. The van der Waals surface area contributed by atoms with E-state index in [2.05, 4.69) is 36.1 Å². The molecule has 1 aliphatic heterocycles. The van der Waals surface area contributed by atoms with Gasteiger partial charge in [0.1, 0.15) is 0 Å². The van der Waals surface area contributed by atoms with E-state index in [0.29, 0.717) is 6.42 Å². The molecule has 3 heteroatoms. The molecule has 98 valence electrons. The van der Waals surface area contributed by atoms with Crippen LogP contribution in [0, 0.1) is 5.41 Å². The predicted octanol–water partition coefficient (Wildman–Crippen LogP) is 2.16. The van der Waals surface area contributed by atoms with Crippen molar-refractivity contribution >= 4 is 5.91 Å². The summed E-state index contributed by atoms with van der Waals surface area (Å²) < 4.78 is 0. The quantitative estimate of drug-likeness (QED) is 0.885. The normalized spacial score (nSPS) is 19.6. The molecular formula is C15H22N2O. The van der Waals surface area contributed by atoms with Gasteiger partial charge in [0.15, 0.2) is 0 Å². The Morgan fingerprint density at radius 3 is 2.44 bits per heavy atom. The van der Waals surface area contributed by atoms with Crippen LogP contribution in [-0.4, -0.2) is 23.9 Å². The Morgan fingerprint density at radius 1 is 1.28 bits per heavy atom. The Hall–Kier alpha value is -1.35. The van der Waals surface area contributed by atoms with E-state index in [9.17, 15) is 4.79 Å². The van der Waals surface area contributed by atoms with Crippen molar-refractivity contribution in [1.29, 1.82) is 0 Å². The number of likely N-dealkylation sites (tertiary alicyclic amines) is 1. The lowest BCUT2D eigenvalue weighted by molar-refractivity contribution is -0.120. The van der Waals surface area contributed by atoms with E-state index in [0.717, 1.165) is 32.5 Å². The molecule has 2 rings (SSSR count). The third kappa shape index (κ3) is 3.57. The van der Waals surface area contributed by atoms with Crippen molar-refractivity contribution in [3.63, 3.8) is 0 Å². The Kier molecular flexibility index (Phi) is 4.02. The van der Waals surface area contributed by atoms with Crippen molar-refractivity contribution in [2.45, 2.75) is 32.7 Å². The smallest absolute Gasteiger partial charge is 0.217 e. The molecule has 2 N–H and O–H groups in total. The van der Waals surface area contributed by atoms with Crippen LogP contribution in [0.1, 0.15) is 31.7 Å². The molecule has 18 heavy (non-hydrogen) atoms. The lowest BCUT2D eigenvalue weighted by atomic mass is 9.77. The number of nitrogens with two attached hydrogens (primary N) is 1. The van der Waals surface area contributed by atoms with Gasteiger partial charge in [0.2, 0.25) is 5.91 Å². The first-order chi connectivity index (χ1) is 8.57. The minimum atomic E-state index is -0.172. The molecule has 0 atom stereocenters. The molecule has 1 saturated heterocycles. The fourth-order valence-electron chi connectivity index (χ4n) is 2.69. The van der Waals surface area contributed by atoms with Crippen molar-refractivity contribution in [3.8, 4) is 0 Å². The SMILES string of the molecule is CC1(CC(N)=O)CCN(Cc2ccccc2)CC1. The first-order valence-electron chi connectivity index (χ1n) is 6.62. The zero-order valence-corrected chi connectivity index (χ0v) is 11.1. The van der Waals surface area contributed by atoms with E-state index in [1.54, 1.807) is 0 Å². The van der Waals surface area contributed by atoms with Crippen LogP contribution in [-0.2, 0) is 11.3 Å². The molecule has 0 radical (unpaired) electrons. The van der Waals surface area contributed by atoms with Crippen LogP contribution in [0.25, 0.3) is 0 Å². The van der Waals surface area contributed by atoms with Gasteiger partial charge in [-0.3, -0.25) is 9.69 Å². The maximum Gasteiger partial charge on any atom is 0.217 e. The number of hydrogen-bond acceptors (Lipinski definition) is 2. The average Bonchev–Trinajstić information content (AvgIpc) is 2.33. The van der Waals surface area contributed by atoms with Crippen LogP contribution in [0.15, 0.2) is 30.3 Å². The number of amides is 1. The Bertz CT molecular complexity index is 394. The van der Waals surface area contributed by atoms with E-state index in [4.69, 9.17) is 5.73 Å². The molecule has 1 aromatic carbocycles. The van der Waals surface area contributed by atoms with Gasteiger partial charge in [-0.1, -0.05) is 37.3 Å². The van der Waals surface area contributed by atoms with Gasteiger partial charge < -0.3 is 5.73 Å². The number of carbonyl (C=O) groups is 1. The van der Waals surface area contributed by atoms with Gasteiger partial charge in [0, 0.05) is 13.0 Å². The lowest BCUT2D eigenvalue weighted by Crippen LogP contribution is -2.40. The van der Waals surface area contributed by atoms with Gasteiger partial charge in [-0.2, -0.15) is 0 Å². The summed E-state index contributed by atoms with van der Waals surface area (Å²) in [6, 6.07) is 10.5. The maximum atomic E-state index is 11.1. The number of piperidine rings is 1. The van der Waals surface area contributed by atoms with Gasteiger partial charge >= 0.3 is 0 Å². The number of hydrogen-bond donors (Lipinski definition) is 1. The highest BCUT2D eigenvalue weighted by molar-refractivity contribution is 5.74. The molecule has 0 aliphatic carbocycles. The van der Waals surface area contributed by atoms with Crippen LogP contribution >= 0.6 is 0 Å². The van der Waals surface area contributed by atoms with Crippen molar-refractivity contribution in [1.82, 2.24) is 4.90 Å². The number of primary amides is 1. The van der Waals surface area contributed by atoms with Gasteiger partial charge in [0.05, 0.1) is 0 Å². The van der Waals surface area contributed by atoms with E-state index in [1.165, 1.54) is 5.56 Å². The Balaban J connectivity index is 1.85. The lowest BCUT2D eigenvalue weighted by Gasteiger charge is -2.38. The number of nitrogens with zero attached hydrogens (tertiary/aromatic N) is 1. The summed E-state index contributed by atoms with van der Waals surface area (Å²) in [5.41, 5.74) is 6.78. The van der Waals surface area contributed by atoms with Gasteiger partial charge in [-0.25, -0.2) is 0 Å². The molecule has 1 fully saturated rings.